The highest BCUT2D eigenvalue weighted by molar-refractivity contribution is 7.85. The van der Waals surface area contributed by atoms with E-state index in [1.54, 1.807) is 0 Å². The molecule has 0 heterocycles. The van der Waals surface area contributed by atoms with E-state index >= 15 is 0 Å². The summed E-state index contributed by atoms with van der Waals surface area (Å²) in [5, 5.41) is 5.88. The minimum Gasteiger partial charge on any atom is -0.353 e. The normalized spacial score (nSPS) is 13.8. The van der Waals surface area contributed by atoms with Crippen LogP contribution in [0.2, 0.25) is 0 Å². The van der Waals surface area contributed by atoms with Gasteiger partial charge in [-0.3, -0.25) is 9.35 Å². The van der Waals surface area contributed by atoms with Crippen molar-refractivity contribution < 1.29 is 17.8 Å². The molecule has 0 bridgehead atoms. The first-order valence-corrected chi connectivity index (χ1v) is 8.21. The Kier molecular flexibility index (Phi) is 8.20. The van der Waals surface area contributed by atoms with Gasteiger partial charge in [-0.2, -0.15) is 8.42 Å². The molecule has 1 amide bonds. The molecule has 114 valence electrons. The summed E-state index contributed by atoms with van der Waals surface area (Å²) in [5.41, 5.74) is 0. The molecule has 0 unspecified atom stereocenters. The molecule has 0 spiro atoms. The summed E-state index contributed by atoms with van der Waals surface area (Å²) in [5.74, 6) is -0.00671. The Labute approximate surface area is 116 Å². The molecular formula is C12H26N2O4S. The first-order chi connectivity index (χ1) is 8.61. The summed E-state index contributed by atoms with van der Waals surface area (Å²) < 4.78 is 29.8. The molecule has 3 N–H and O–H groups in total. The van der Waals surface area contributed by atoms with Crippen LogP contribution in [-0.2, 0) is 14.9 Å². The van der Waals surface area contributed by atoms with E-state index in [1.165, 1.54) is 0 Å². The fraction of sp³-hybridized carbons (Fsp3) is 0.917. The highest BCUT2D eigenvalue weighted by Crippen LogP contribution is 2.05. The molecule has 0 aromatic rings. The SMILES string of the molecule is CC(C)C[C@@H](NCCCS(=O)(=O)O)C(=O)NC(C)C. The summed E-state index contributed by atoms with van der Waals surface area (Å²) in [6.45, 7) is 8.21. The lowest BCUT2D eigenvalue weighted by Gasteiger charge is -2.21. The topological polar surface area (TPSA) is 95.5 Å². The second-order valence-electron chi connectivity index (χ2n) is 5.44. The summed E-state index contributed by atoms with van der Waals surface area (Å²) in [7, 11) is -3.92. The van der Waals surface area contributed by atoms with Crippen molar-refractivity contribution in [1.29, 1.82) is 0 Å². The summed E-state index contributed by atoms with van der Waals surface area (Å²) in [6, 6.07) is -0.259. The predicted molar refractivity (Wildman–Crippen MR) is 75.6 cm³/mol. The maximum absolute atomic E-state index is 11.9. The molecule has 0 aliphatic carbocycles. The van der Waals surface area contributed by atoms with Gasteiger partial charge in [-0.1, -0.05) is 13.8 Å². The Morgan fingerprint density at radius 2 is 1.79 bits per heavy atom. The van der Waals surface area contributed by atoms with E-state index < -0.39 is 10.1 Å². The lowest BCUT2D eigenvalue weighted by Crippen LogP contribution is -2.47. The van der Waals surface area contributed by atoms with E-state index in [0.717, 1.165) is 0 Å². The van der Waals surface area contributed by atoms with Crippen molar-refractivity contribution in [3.05, 3.63) is 0 Å². The van der Waals surface area contributed by atoms with Crippen molar-refractivity contribution in [2.24, 2.45) is 5.92 Å². The van der Waals surface area contributed by atoms with Gasteiger partial charge in [-0.05, 0) is 39.2 Å². The van der Waals surface area contributed by atoms with E-state index in [-0.39, 0.29) is 30.2 Å². The van der Waals surface area contributed by atoms with Gasteiger partial charge in [-0.15, -0.1) is 0 Å². The van der Waals surface area contributed by atoms with Crippen LogP contribution in [0.5, 0.6) is 0 Å². The lowest BCUT2D eigenvalue weighted by molar-refractivity contribution is -0.124. The highest BCUT2D eigenvalue weighted by atomic mass is 32.2. The number of rotatable bonds is 9. The van der Waals surface area contributed by atoms with Gasteiger partial charge in [0.15, 0.2) is 0 Å². The van der Waals surface area contributed by atoms with Crippen LogP contribution >= 0.6 is 0 Å². The van der Waals surface area contributed by atoms with Crippen molar-refractivity contribution in [3.63, 3.8) is 0 Å². The first-order valence-electron chi connectivity index (χ1n) is 6.60. The smallest absolute Gasteiger partial charge is 0.264 e. The van der Waals surface area contributed by atoms with Gasteiger partial charge in [0.05, 0.1) is 11.8 Å². The Bertz CT molecular complexity index is 366. The number of hydrogen-bond donors (Lipinski definition) is 3. The van der Waals surface area contributed by atoms with Gasteiger partial charge in [0.25, 0.3) is 10.1 Å². The molecule has 0 saturated carbocycles. The van der Waals surface area contributed by atoms with Crippen LogP contribution in [0.15, 0.2) is 0 Å². The van der Waals surface area contributed by atoms with Crippen LogP contribution in [0.3, 0.4) is 0 Å². The minimum atomic E-state index is -3.92. The zero-order valence-corrected chi connectivity index (χ0v) is 13.0. The van der Waals surface area contributed by atoms with Crippen molar-refractivity contribution in [3.8, 4) is 0 Å². The average Bonchev–Trinajstić information content (AvgIpc) is 2.19. The van der Waals surface area contributed by atoms with Crippen molar-refractivity contribution in [2.75, 3.05) is 12.3 Å². The van der Waals surface area contributed by atoms with Gasteiger partial charge in [0, 0.05) is 6.04 Å². The van der Waals surface area contributed by atoms with Crippen molar-refractivity contribution in [2.45, 2.75) is 52.6 Å². The molecule has 0 aliphatic heterocycles. The van der Waals surface area contributed by atoms with Crippen LogP contribution in [0.25, 0.3) is 0 Å². The maximum Gasteiger partial charge on any atom is 0.264 e. The van der Waals surface area contributed by atoms with Gasteiger partial charge in [0.1, 0.15) is 0 Å². The second kappa shape index (κ2) is 8.50. The van der Waals surface area contributed by atoms with E-state index in [0.29, 0.717) is 18.9 Å². The average molecular weight is 294 g/mol. The van der Waals surface area contributed by atoms with E-state index in [1.807, 2.05) is 27.7 Å². The van der Waals surface area contributed by atoms with E-state index in [4.69, 9.17) is 4.55 Å². The molecule has 19 heavy (non-hydrogen) atoms. The van der Waals surface area contributed by atoms with Gasteiger partial charge >= 0.3 is 0 Å². The molecule has 0 saturated heterocycles. The van der Waals surface area contributed by atoms with E-state index in [9.17, 15) is 13.2 Å². The number of amides is 1. The molecular weight excluding hydrogens is 268 g/mol. The lowest BCUT2D eigenvalue weighted by atomic mass is 10.0. The standard InChI is InChI=1S/C12H26N2O4S/c1-9(2)8-11(12(15)14-10(3)4)13-6-5-7-19(16,17)18/h9-11,13H,5-8H2,1-4H3,(H,14,15)(H,16,17,18)/t11-/m1/s1. The molecule has 0 aromatic carbocycles. The van der Waals surface area contributed by atoms with Gasteiger partial charge < -0.3 is 10.6 Å². The molecule has 0 radical (unpaired) electrons. The Morgan fingerprint density at radius 1 is 1.21 bits per heavy atom. The number of carbonyl (C=O) groups is 1. The van der Waals surface area contributed by atoms with Crippen LogP contribution in [0.4, 0.5) is 0 Å². The van der Waals surface area contributed by atoms with Gasteiger partial charge in [-0.25, -0.2) is 0 Å². The number of carbonyl (C=O) groups excluding carboxylic acids is 1. The number of hydrogen-bond acceptors (Lipinski definition) is 4. The Balaban J connectivity index is 4.24. The van der Waals surface area contributed by atoms with Crippen LogP contribution < -0.4 is 10.6 Å². The third-order valence-corrected chi connectivity index (χ3v) is 3.23. The maximum atomic E-state index is 11.9. The van der Waals surface area contributed by atoms with Crippen LogP contribution in [-0.4, -0.2) is 43.3 Å². The summed E-state index contributed by atoms with van der Waals surface area (Å²) in [6.07, 6.45) is 0.965. The molecule has 0 aliphatic rings. The van der Waals surface area contributed by atoms with E-state index in [2.05, 4.69) is 10.6 Å². The Hall–Kier alpha value is -0.660. The molecule has 0 rings (SSSR count). The monoisotopic (exact) mass is 294 g/mol. The molecule has 0 fully saturated rings. The predicted octanol–water partition coefficient (Wildman–Crippen LogP) is 0.793. The molecule has 1 atom stereocenters. The second-order valence-corrected chi connectivity index (χ2v) is 7.01. The minimum absolute atomic E-state index is 0.0711. The van der Waals surface area contributed by atoms with Crippen molar-refractivity contribution in [1.82, 2.24) is 10.6 Å². The fourth-order valence-electron chi connectivity index (χ4n) is 1.67. The third kappa shape index (κ3) is 10.9. The fourth-order valence-corrected chi connectivity index (χ4v) is 2.18. The van der Waals surface area contributed by atoms with Crippen LogP contribution in [0.1, 0.15) is 40.5 Å². The molecule has 7 heteroatoms. The zero-order chi connectivity index (χ0) is 15.1. The molecule has 6 nitrogen and oxygen atoms in total. The molecule has 0 aromatic heterocycles. The zero-order valence-electron chi connectivity index (χ0n) is 12.1. The van der Waals surface area contributed by atoms with Gasteiger partial charge in [0.2, 0.25) is 5.91 Å². The third-order valence-electron chi connectivity index (χ3n) is 2.42. The van der Waals surface area contributed by atoms with Crippen LogP contribution in [0, 0.1) is 5.92 Å². The summed E-state index contributed by atoms with van der Waals surface area (Å²) in [4.78, 5) is 11.9. The Morgan fingerprint density at radius 3 is 2.21 bits per heavy atom. The van der Waals surface area contributed by atoms with Crippen molar-refractivity contribution >= 4 is 16.0 Å². The summed E-state index contributed by atoms with van der Waals surface area (Å²) >= 11 is 0. The number of nitrogens with one attached hydrogen (secondary N) is 2. The largest absolute Gasteiger partial charge is 0.353 e. The highest BCUT2D eigenvalue weighted by Gasteiger charge is 2.19. The quantitative estimate of drug-likeness (QED) is 0.432. The first kappa shape index (κ1) is 18.3.